The molecule has 8 heteroatoms. The van der Waals surface area contributed by atoms with Crippen LogP contribution in [0.4, 0.5) is 13.2 Å². The molecule has 1 heterocycles. The van der Waals surface area contributed by atoms with Gasteiger partial charge in [-0.3, -0.25) is 9.89 Å². The molecule has 1 unspecified atom stereocenters. The van der Waals surface area contributed by atoms with Gasteiger partial charge in [0.15, 0.2) is 5.96 Å². The Labute approximate surface area is 123 Å². The smallest absolute Gasteiger partial charge is 0.372 e. The monoisotopic (exact) mass is 310 g/mol. The van der Waals surface area contributed by atoms with Crippen molar-refractivity contribution in [3.05, 3.63) is 0 Å². The lowest BCUT2D eigenvalue weighted by atomic mass is 10.2. The van der Waals surface area contributed by atoms with Crippen LogP contribution >= 0.6 is 0 Å². The van der Waals surface area contributed by atoms with E-state index in [1.807, 2.05) is 0 Å². The highest BCUT2D eigenvalue weighted by molar-refractivity contribution is 5.77. The third-order valence-corrected chi connectivity index (χ3v) is 3.41. The molecule has 1 aliphatic heterocycles. The van der Waals surface area contributed by atoms with E-state index < -0.39 is 12.8 Å². The Morgan fingerprint density at radius 2 is 2.24 bits per heavy atom. The zero-order valence-electron chi connectivity index (χ0n) is 12.5. The molecule has 0 amide bonds. The van der Waals surface area contributed by atoms with Gasteiger partial charge in [0.2, 0.25) is 0 Å². The molecule has 0 aromatic carbocycles. The van der Waals surface area contributed by atoms with Crippen molar-refractivity contribution in [2.75, 3.05) is 39.4 Å². The number of ether oxygens (including phenoxy) is 1. The van der Waals surface area contributed by atoms with Gasteiger partial charge in [-0.05, 0) is 32.4 Å². The standard InChI is InChI=1S/C13H25F3N4O/c1-2-20-7-3-5-11(20)9-19-12(17)18-6-4-8-21-10-13(14,15)16/h11H,2-10H2,1H3,(H3,17,18,19). The van der Waals surface area contributed by atoms with E-state index >= 15 is 0 Å². The summed E-state index contributed by atoms with van der Waals surface area (Å²) in [4.78, 5) is 6.66. The van der Waals surface area contributed by atoms with Gasteiger partial charge in [-0.1, -0.05) is 6.92 Å². The maximum Gasteiger partial charge on any atom is 0.411 e. The Morgan fingerprint density at radius 3 is 2.90 bits per heavy atom. The lowest BCUT2D eigenvalue weighted by molar-refractivity contribution is -0.173. The summed E-state index contributed by atoms with van der Waals surface area (Å²) in [6.07, 6.45) is -1.48. The van der Waals surface area contributed by atoms with E-state index in [4.69, 9.17) is 5.73 Å². The molecule has 21 heavy (non-hydrogen) atoms. The molecule has 0 saturated carbocycles. The van der Waals surface area contributed by atoms with Crippen molar-refractivity contribution in [3.8, 4) is 0 Å². The number of likely N-dealkylation sites (tertiary alicyclic amines) is 1. The van der Waals surface area contributed by atoms with E-state index in [-0.39, 0.29) is 6.61 Å². The molecule has 1 saturated heterocycles. The minimum absolute atomic E-state index is 0.0476. The van der Waals surface area contributed by atoms with Crippen molar-refractivity contribution in [1.29, 1.82) is 0 Å². The highest BCUT2D eigenvalue weighted by atomic mass is 19.4. The molecular weight excluding hydrogens is 285 g/mol. The van der Waals surface area contributed by atoms with Crippen LogP contribution in [0.5, 0.6) is 0 Å². The number of likely N-dealkylation sites (N-methyl/N-ethyl adjacent to an activating group) is 1. The van der Waals surface area contributed by atoms with Crippen LogP contribution in [-0.4, -0.2) is 62.5 Å². The van der Waals surface area contributed by atoms with Crippen LogP contribution in [0.1, 0.15) is 26.2 Å². The normalized spacial score (nSPS) is 21.0. The predicted octanol–water partition coefficient (Wildman–Crippen LogP) is 1.34. The molecule has 0 radical (unpaired) electrons. The van der Waals surface area contributed by atoms with Gasteiger partial charge < -0.3 is 15.8 Å². The number of rotatable bonds is 8. The molecule has 0 aliphatic carbocycles. The lowest BCUT2D eigenvalue weighted by Crippen LogP contribution is -2.36. The number of alkyl halides is 3. The predicted molar refractivity (Wildman–Crippen MR) is 76.3 cm³/mol. The fourth-order valence-corrected chi connectivity index (χ4v) is 2.36. The average Bonchev–Trinajstić information content (AvgIpc) is 2.86. The molecule has 0 bridgehead atoms. The quantitative estimate of drug-likeness (QED) is 0.403. The van der Waals surface area contributed by atoms with Gasteiger partial charge in [-0.15, -0.1) is 0 Å². The fourth-order valence-electron chi connectivity index (χ4n) is 2.36. The third kappa shape index (κ3) is 8.11. The van der Waals surface area contributed by atoms with Crippen LogP contribution in [0.15, 0.2) is 4.99 Å². The second-order valence-corrected chi connectivity index (χ2v) is 5.10. The van der Waals surface area contributed by atoms with E-state index in [1.165, 1.54) is 6.42 Å². The van der Waals surface area contributed by atoms with Gasteiger partial charge in [-0.25, -0.2) is 0 Å². The van der Waals surface area contributed by atoms with E-state index in [2.05, 4.69) is 26.9 Å². The van der Waals surface area contributed by atoms with E-state index in [1.54, 1.807) is 0 Å². The van der Waals surface area contributed by atoms with Crippen LogP contribution < -0.4 is 11.1 Å². The topological polar surface area (TPSA) is 62.9 Å². The number of aliphatic imine (C=N–C) groups is 1. The van der Waals surface area contributed by atoms with Gasteiger partial charge in [-0.2, -0.15) is 13.2 Å². The van der Waals surface area contributed by atoms with Gasteiger partial charge in [0.25, 0.3) is 0 Å². The Kier molecular flexibility index (Phi) is 7.81. The molecule has 1 atom stereocenters. The lowest BCUT2D eigenvalue weighted by Gasteiger charge is -2.20. The Bertz CT molecular complexity index is 323. The number of nitrogens with two attached hydrogens (primary N) is 1. The second kappa shape index (κ2) is 9.09. The van der Waals surface area contributed by atoms with Crippen molar-refractivity contribution in [3.63, 3.8) is 0 Å². The number of halogens is 3. The number of hydrogen-bond donors (Lipinski definition) is 2. The second-order valence-electron chi connectivity index (χ2n) is 5.10. The van der Waals surface area contributed by atoms with Crippen molar-refractivity contribution >= 4 is 5.96 Å². The minimum Gasteiger partial charge on any atom is -0.372 e. The zero-order chi connectivity index (χ0) is 15.7. The summed E-state index contributed by atoms with van der Waals surface area (Å²) in [6.45, 7) is 4.22. The van der Waals surface area contributed by atoms with Crippen LogP contribution in [-0.2, 0) is 4.74 Å². The first kappa shape index (κ1) is 18.0. The van der Waals surface area contributed by atoms with Crippen LogP contribution in [0.3, 0.4) is 0 Å². The van der Waals surface area contributed by atoms with Crippen molar-refractivity contribution < 1.29 is 17.9 Å². The average molecular weight is 310 g/mol. The molecule has 0 aromatic rings. The number of guanidine groups is 1. The van der Waals surface area contributed by atoms with Gasteiger partial charge in [0.05, 0.1) is 6.54 Å². The minimum atomic E-state index is -4.26. The van der Waals surface area contributed by atoms with Crippen molar-refractivity contribution in [1.82, 2.24) is 10.2 Å². The summed E-state index contributed by atoms with van der Waals surface area (Å²) in [5, 5.41) is 2.89. The van der Waals surface area contributed by atoms with Crippen LogP contribution in [0.25, 0.3) is 0 Å². The zero-order valence-corrected chi connectivity index (χ0v) is 12.5. The Balaban J connectivity index is 2.07. The SMILES string of the molecule is CCN1CCCC1CN=C(N)NCCCOCC(F)(F)F. The molecule has 1 aliphatic rings. The highest BCUT2D eigenvalue weighted by Gasteiger charge is 2.27. The molecule has 1 rings (SSSR count). The fraction of sp³-hybridized carbons (Fsp3) is 0.923. The van der Waals surface area contributed by atoms with Crippen molar-refractivity contribution in [2.45, 2.75) is 38.4 Å². The maximum atomic E-state index is 11.8. The van der Waals surface area contributed by atoms with Gasteiger partial charge in [0.1, 0.15) is 6.61 Å². The summed E-state index contributed by atoms with van der Waals surface area (Å²) < 4.78 is 40.0. The summed E-state index contributed by atoms with van der Waals surface area (Å²) in [5.41, 5.74) is 5.72. The third-order valence-electron chi connectivity index (χ3n) is 3.41. The highest BCUT2D eigenvalue weighted by Crippen LogP contribution is 2.16. The molecular formula is C13H25F3N4O. The molecule has 1 fully saturated rings. The van der Waals surface area contributed by atoms with Gasteiger partial charge >= 0.3 is 6.18 Å². The van der Waals surface area contributed by atoms with Gasteiger partial charge in [0, 0.05) is 19.2 Å². The number of hydrogen-bond acceptors (Lipinski definition) is 3. The van der Waals surface area contributed by atoms with E-state index in [9.17, 15) is 13.2 Å². The first-order valence-electron chi connectivity index (χ1n) is 7.34. The molecule has 0 spiro atoms. The summed E-state index contributed by atoms with van der Waals surface area (Å²) in [6, 6.07) is 0.450. The largest absolute Gasteiger partial charge is 0.411 e. The van der Waals surface area contributed by atoms with Crippen LogP contribution in [0.2, 0.25) is 0 Å². The Hall–Kier alpha value is -1.02. The summed E-state index contributed by atoms with van der Waals surface area (Å²) in [5.74, 6) is 0.341. The first-order valence-corrected chi connectivity index (χ1v) is 7.34. The molecule has 124 valence electrons. The molecule has 5 nitrogen and oxygen atoms in total. The Morgan fingerprint density at radius 1 is 1.48 bits per heavy atom. The van der Waals surface area contributed by atoms with E-state index in [0.717, 1.165) is 19.5 Å². The van der Waals surface area contributed by atoms with Crippen molar-refractivity contribution in [2.24, 2.45) is 10.7 Å². The summed E-state index contributed by atoms with van der Waals surface area (Å²) in [7, 11) is 0. The maximum absolute atomic E-state index is 11.8. The van der Waals surface area contributed by atoms with E-state index in [0.29, 0.717) is 31.5 Å². The first-order chi connectivity index (χ1) is 9.92. The summed E-state index contributed by atoms with van der Waals surface area (Å²) >= 11 is 0. The molecule has 0 aromatic heterocycles. The molecule has 3 N–H and O–H groups in total. The number of nitrogens with one attached hydrogen (secondary N) is 1. The number of nitrogens with zero attached hydrogens (tertiary/aromatic N) is 2. The van der Waals surface area contributed by atoms with Crippen LogP contribution in [0, 0.1) is 0 Å².